The van der Waals surface area contributed by atoms with E-state index in [9.17, 15) is 9.59 Å². The van der Waals surface area contributed by atoms with E-state index in [0.29, 0.717) is 22.9 Å². The largest absolute Gasteiger partial charge is 0.454 e. The molecule has 0 bridgehead atoms. The second-order valence-electron chi connectivity index (χ2n) is 7.52. The first-order valence-corrected chi connectivity index (χ1v) is 9.97. The quantitative estimate of drug-likeness (QED) is 0.671. The van der Waals surface area contributed by atoms with Crippen molar-refractivity contribution in [3.63, 3.8) is 0 Å². The number of nitrogens with one attached hydrogen (secondary N) is 1. The zero-order valence-electron chi connectivity index (χ0n) is 16.8. The lowest BCUT2D eigenvalue weighted by Gasteiger charge is -2.23. The maximum absolute atomic E-state index is 13.4. The molecule has 0 fully saturated rings. The molecule has 1 atom stereocenters. The van der Waals surface area contributed by atoms with E-state index in [4.69, 9.17) is 9.47 Å². The molecule has 5 rings (SSSR count). The number of amides is 1. The van der Waals surface area contributed by atoms with Gasteiger partial charge in [0.05, 0.1) is 17.3 Å². The highest BCUT2D eigenvalue weighted by molar-refractivity contribution is 6.08. The van der Waals surface area contributed by atoms with Crippen LogP contribution in [-0.2, 0) is 11.2 Å². The number of aromatic nitrogens is 2. The number of aryl methyl sites for hydroxylation is 2. The number of ether oxygens (including phenoxy) is 2. The molecule has 3 aromatic rings. The maximum Gasteiger partial charge on any atom is 0.231 e. The van der Waals surface area contributed by atoms with Crippen LogP contribution in [0.4, 0.5) is 5.82 Å². The number of rotatable bonds is 4. The van der Waals surface area contributed by atoms with Crippen molar-refractivity contribution in [2.45, 2.75) is 32.6 Å². The van der Waals surface area contributed by atoms with Crippen molar-refractivity contribution in [1.82, 2.24) is 9.78 Å². The molecule has 0 aliphatic carbocycles. The molecule has 2 aliphatic heterocycles. The summed E-state index contributed by atoms with van der Waals surface area (Å²) >= 11 is 0. The first-order chi connectivity index (χ1) is 14.5. The van der Waals surface area contributed by atoms with Crippen molar-refractivity contribution in [2.75, 3.05) is 12.1 Å². The Morgan fingerprint density at radius 1 is 1.20 bits per heavy atom. The van der Waals surface area contributed by atoms with Crippen LogP contribution in [0.3, 0.4) is 0 Å². The normalized spacial score (nSPS) is 16.9. The van der Waals surface area contributed by atoms with Crippen LogP contribution in [0, 0.1) is 6.92 Å². The third-order valence-corrected chi connectivity index (χ3v) is 5.64. The Morgan fingerprint density at radius 3 is 2.87 bits per heavy atom. The van der Waals surface area contributed by atoms with Gasteiger partial charge >= 0.3 is 0 Å². The van der Waals surface area contributed by atoms with E-state index in [1.165, 1.54) is 5.56 Å². The highest BCUT2D eigenvalue weighted by atomic mass is 16.7. The summed E-state index contributed by atoms with van der Waals surface area (Å²) in [6.45, 7) is 4.10. The summed E-state index contributed by atoms with van der Waals surface area (Å²) in [4.78, 5) is 25.9. The van der Waals surface area contributed by atoms with E-state index >= 15 is 0 Å². The molecule has 0 unspecified atom stereocenters. The number of carbonyl (C=O) groups excluding carboxylic acids is 2. The van der Waals surface area contributed by atoms with Crippen LogP contribution in [-0.4, -0.2) is 28.3 Å². The van der Waals surface area contributed by atoms with Gasteiger partial charge in [0.1, 0.15) is 5.82 Å². The van der Waals surface area contributed by atoms with E-state index in [0.717, 1.165) is 23.4 Å². The summed E-state index contributed by atoms with van der Waals surface area (Å²) in [6.07, 6.45) is 0.982. The fraction of sp³-hybridized carbons (Fsp3) is 0.261. The average molecular weight is 403 g/mol. The molecule has 0 saturated heterocycles. The first-order valence-electron chi connectivity index (χ1n) is 9.97. The lowest BCUT2D eigenvalue weighted by atomic mass is 9.85. The Bertz CT molecular complexity index is 1180. The average Bonchev–Trinajstić information content (AvgIpc) is 3.36. The molecule has 3 heterocycles. The van der Waals surface area contributed by atoms with Crippen LogP contribution in [0.5, 0.6) is 11.5 Å². The summed E-state index contributed by atoms with van der Waals surface area (Å²) in [5, 5.41) is 7.59. The van der Waals surface area contributed by atoms with Gasteiger partial charge in [0.25, 0.3) is 0 Å². The summed E-state index contributed by atoms with van der Waals surface area (Å²) < 4.78 is 12.5. The number of ketones is 1. The molecule has 2 aliphatic rings. The number of anilines is 1. The van der Waals surface area contributed by atoms with Crippen molar-refractivity contribution in [3.05, 3.63) is 64.8 Å². The van der Waals surface area contributed by atoms with E-state index in [1.54, 1.807) is 22.9 Å². The zero-order valence-corrected chi connectivity index (χ0v) is 16.8. The number of benzene rings is 2. The fourth-order valence-corrected chi connectivity index (χ4v) is 4.12. The Morgan fingerprint density at radius 2 is 2.03 bits per heavy atom. The molecule has 30 heavy (non-hydrogen) atoms. The predicted octanol–water partition coefficient (Wildman–Crippen LogP) is 3.78. The molecular formula is C23H21N3O4. The van der Waals surface area contributed by atoms with Crippen molar-refractivity contribution >= 4 is 17.5 Å². The highest BCUT2D eigenvalue weighted by Gasteiger charge is 2.36. The van der Waals surface area contributed by atoms with Gasteiger partial charge in [-0.2, -0.15) is 5.10 Å². The lowest BCUT2D eigenvalue weighted by Crippen LogP contribution is -2.28. The van der Waals surface area contributed by atoms with Crippen LogP contribution < -0.4 is 14.8 Å². The molecule has 7 heteroatoms. The number of nitrogens with zero attached hydrogens (tertiary/aromatic N) is 2. The van der Waals surface area contributed by atoms with E-state index < -0.39 is 5.92 Å². The minimum Gasteiger partial charge on any atom is -0.454 e. The van der Waals surface area contributed by atoms with Gasteiger partial charge in [0.2, 0.25) is 12.7 Å². The van der Waals surface area contributed by atoms with E-state index in [2.05, 4.69) is 23.4 Å². The molecule has 2 aromatic carbocycles. The zero-order chi connectivity index (χ0) is 20.8. The third kappa shape index (κ3) is 2.94. The SMILES string of the molecule is CCc1cccc(-n2nc(C)c3c2NC(=O)C[C@@H]3C(=O)c2ccc3c(c2)OCO3)c1. The standard InChI is InChI=1S/C23H21N3O4/c1-3-14-5-4-6-16(9-14)26-23-21(13(2)25-26)17(11-20(27)24-23)22(28)15-7-8-18-19(10-15)30-12-29-18/h4-10,17H,3,11-12H2,1-2H3,(H,24,27)/t17-/m0/s1. The van der Waals surface area contributed by atoms with Crippen LogP contribution >= 0.6 is 0 Å². The molecule has 1 aromatic heterocycles. The molecule has 152 valence electrons. The van der Waals surface area contributed by atoms with Gasteiger partial charge in [-0.1, -0.05) is 19.1 Å². The van der Waals surface area contributed by atoms with Crippen molar-refractivity contribution < 1.29 is 19.1 Å². The van der Waals surface area contributed by atoms with Gasteiger partial charge in [-0.05, 0) is 49.2 Å². The number of carbonyl (C=O) groups is 2. The Kier molecular flexibility index (Phi) is 4.31. The molecule has 0 spiro atoms. The summed E-state index contributed by atoms with van der Waals surface area (Å²) in [6, 6.07) is 13.1. The number of fused-ring (bicyclic) bond motifs is 2. The van der Waals surface area contributed by atoms with Crippen molar-refractivity contribution in [1.29, 1.82) is 0 Å². The molecule has 7 nitrogen and oxygen atoms in total. The third-order valence-electron chi connectivity index (χ3n) is 5.64. The Balaban J connectivity index is 1.58. The van der Waals surface area contributed by atoms with Gasteiger partial charge in [-0.3, -0.25) is 9.59 Å². The van der Waals surface area contributed by atoms with Crippen LogP contribution in [0.15, 0.2) is 42.5 Å². The summed E-state index contributed by atoms with van der Waals surface area (Å²) in [5.41, 5.74) is 4.01. The molecule has 1 N–H and O–H groups in total. The smallest absolute Gasteiger partial charge is 0.231 e. The predicted molar refractivity (Wildman–Crippen MR) is 111 cm³/mol. The minimum atomic E-state index is -0.600. The van der Waals surface area contributed by atoms with Crippen LogP contribution in [0.2, 0.25) is 0 Å². The number of hydrogen-bond acceptors (Lipinski definition) is 5. The van der Waals surface area contributed by atoms with Crippen molar-refractivity contribution in [2.24, 2.45) is 0 Å². The Labute approximate surface area is 173 Å². The first kappa shape index (κ1) is 18.4. The minimum absolute atomic E-state index is 0.0851. The molecule has 1 amide bonds. The van der Waals surface area contributed by atoms with E-state index in [-0.39, 0.29) is 24.9 Å². The number of hydrogen-bond donors (Lipinski definition) is 1. The number of Topliss-reactive ketones (excluding diaryl/α,β-unsaturated/α-hetero) is 1. The fourth-order valence-electron chi connectivity index (χ4n) is 4.12. The van der Waals surface area contributed by atoms with Gasteiger partial charge in [-0.15, -0.1) is 0 Å². The van der Waals surface area contributed by atoms with Crippen molar-refractivity contribution in [3.8, 4) is 17.2 Å². The topological polar surface area (TPSA) is 82.5 Å². The highest BCUT2D eigenvalue weighted by Crippen LogP contribution is 2.40. The van der Waals surface area contributed by atoms with E-state index in [1.807, 2.05) is 25.1 Å². The van der Waals surface area contributed by atoms with Gasteiger partial charge < -0.3 is 14.8 Å². The maximum atomic E-state index is 13.4. The van der Waals surface area contributed by atoms with Crippen LogP contribution in [0.1, 0.15) is 46.4 Å². The van der Waals surface area contributed by atoms with Gasteiger partial charge in [0.15, 0.2) is 17.3 Å². The second-order valence-corrected chi connectivity index (χ2v) is 7.52. The van der Waals surface area contributed by atoms with Gasteiger partial charge in [0, 0.05) is 17.5 Å². The lowest BCUT2D eigenvalue weighted by molar-refractivity contribution is -0.116. The second kappa shape index (κ2) is 7.02. The summed E-state index contributed by atoms with van der Waals surface area (Å²) in [7, 11) is 0. The van der Waals surface area contributed by atoms with Gasteiger partial charge in [-0.25, -0.2) is 4.68 Å². The summed E-state index contributed by atoms with van der Waals surface area (Å²) in [5.74, 6) is 0.802. The monoisotopic (exact) mass is 403 g/mol. The Hall–Kier alpha value is -3.61. The molecule has 0 saturated carbocycles. The van der Waals surface area contributed by atoms with Crippen LogP contribution in [0.25, 0.3) is 5.69 Å². The molecule has 0 radical (unpaired) electrons. The molecular weight excluding hydrogens is 382 g/mol.